The zero-order chi connectivity index (χ0) is 24.9. The number of nitrogens with two attached hydrogens (primary N) is 1. The van der Waals surface area contributed by atoms with Gasteiger partial charge < -0.3 is 20.8 Å². The number of pyridine rings is 2. The number of likely N-dealkylation sites (tertiary alicyclic amines) is 1. The molecule has 5 heterocycles. The van der Waals surface area contributed by atoms with E-state index in [1.807, 2.05) is 42.9 Å². The maximum Gasteiger partial charge on any atom is 0.138 e. The number of nitrogens with zero attached hydrogens (tertiary/aromatic N) is 4. The first-order valence-electron chi connectivity index (χ1n) is 13.1. The van der Waals surface area contributed by atoms with Crippen molar-refractivity contribution < 1.29 is 4.74 Å². The predicted octanol–water partition coefficient (Wildman–Crippen LogP) is 4.61. The molecule has 37 heavy (non-hydrogen) atoms. The van der Waals surface area contributed by atoms with E-state index in [1.165, 1.54) is 24.0 Å². The Morgan fingerprint density at radius 2 is 1.97 bits per heavy atom. The molecule has 8 nitrogen and oxygen atoms in total. The third-order valence-electron chi connectivity index (χ3n) is 7.83. The maximum absolute atomic E-state index is 6.43. The molecule has 0 radical (unpaired) electrons. The van der Waals surface area contributed by atoms with Gasteiger partial charge in [0, 0.05) is 53.6 Å². The number of hydrogen-bond acceptors (Lipinski definition) is 7. The van der Waals surface area contributed by atoms with E-state index in [1.54, 1.807) is 7.11 Å². The Balaban J connectivity index is 1.35. The highest BCUT2D eigenvalue weighted by Crippen LogP contribution is 2.47. The molecule has 1 saturated carbocycles. The van der Waals surface area contributed by atoms with Crippen LogP contribution in [0.1, 0.15) is 54.5 Å². The smallest absolute Gasteiger partial charge is 0.138 e. The van der Waals surface area contributed by atoms with Gasteiger partial charge in [-0.3, -0.25) is 9.88 Å². The van der Waals surface area contributed by atoms with Crippen LogP contribution in [0.5, 0.6) is 5.75 Å². The Kier molecular flexibility index (Phi) is 5.44. The van der Waals surface area contributed by atoms with Gasteiger partial charge in [0.15, 0.2) is 0 Å². The number of aromatic nitrogens is 3. The number of methoxy groups -OCH3 is 1. The summed E-state index contributed by atoms with van der Waals surface area (Å²) in [4.78, 5) is 20.3. The summed E-state index contributed by atoms with van der Waals surface area (Å²) in [6.45, 7) is 1.88. The third kappa shape index (κ3) is 3.97. The van der Waals surface area contributed by atoms with E-state index in [0.29, 0.717) is 5.92 Å². The second kappa shape index (κ2) is 8.97. The number of aliphatic imine (C=N–C) groups is 1. The molecule has 2 atom stereocenters. The average molecular weight is 494 g/mol. The number of rotatable bonds is 5. The fraction of sp³-hybridized carbons (Fsp3) is 0.345. The quantitative estimate of drug-likeness (QED) is 0.375. The highest BCUT2D eigenvalue weighted by Gasteiger charge is 2.37. The SMILES string of the molecule is COc1ccccc1-c1cc2c(C3=Nc4cncc(C5CC5)c4C(N4CCCC(N)C4)N3)ccnc2[nH]1. The van der Waals surface area contributed by atoms with Crippen LogP contribution in [0.4, 0.5) is 5.69 Å². The predicted molar refractivity (Wildman–Crippen MR) is 145 cm³/mol. The van der Waals surface area contributed by atoms with Crippen molar-refractivity contribution in [2.75, 3.05) is 20.2 Å². The van der Waals surface area contributed by atoms with Gasteiger partial charge >= 0.3 is 0 Å². The number of benzene rings is 1. The summed E-state index contributed by atoms with van der Waals surface area (Å²) in [5.41, 5.74) is 13.8. The standard InChI is InChI=1S/C29H31N7O/c1-37-25-7-3-2-6-20(25)23-13-21-19(10-11-32-27(21)33-23)28-34-24-15-31-14-22(17-8-9-17)26(24)29(35-28)36-12-4-5-18(30)16-36/h2-3,6-7,10-11,13-15,17-18,29H,4-5,8-9,12,16,30H2,1H3,(H,32,33)(H,34,35). The topological polar surface area (TPSA) is 104 Å². The monoisotopic (exact) mass is 493 g/mol. The molecule has 0 amide bonds. The van der Waals surface area contributed by atoms with E-state index < -0.39 is 0 Å². The number of ether oxygens (including phenoxy) is 1. The molecular formula is C29H31N7O. The summed E-state index contributed by atoms with van der Waals surface area (Å²) >= 11 is 0. The van der Waals surface area contributed by atoms with Crippen molar-refractivity contribution in [3.05, 3.63) is 71.7 Å². The van der Waals surface area contributed by atoms with E-state index in [0.717, 1.165) is 71.1 Å². The molecular weight excluding hydrogens is 462 g/mol. The Morgan fingerprint density at radius 1 is 1.08 bits per heavy atom. The molecule has 0 spiro atoms. The Morgan fingerprint density at radius 3 is 2.81 bits per heavy atom. The van der Waals surface area contributed by atoms with Gasteiger partial charge in [0.25, 0.3) is 0 Å². The van der Waals surface area contributed by atoms with Gasteiger partial charge in [-0.15, -0.1) is 0 Å². The van der Waals surface area contributed by atoms with Crippen LogP contribution in [0.2, 0.25) is 0 Å². The molecule has 2 aliphatic heterocycles. The van der Waals surface area contributed by atoms with Crippen LogP contribution in [-0.4, -0.2) is 51.9 Å². The molecule has 2 fully saturated rings. The first kappa shape index (κ1) is 22.4. The zero-order valence-corrected chi connectivity index (χ0v) is 20.9. The van der Waals surface area contributed by atoms with Crippen molar-refractivity contribution in [2.45, 2.75) is 43.8 Å². The highest BCUT2D eigenvalue weighted by molar-refractivity contribution is 6.11. The van der Waals surface area contributed by atoms with Crippen molar-refractivity contribution in [1.82, 2.24) is 25.2 Å². The van der Waals surface area contributed by atoms with E-state index in [9.17, 15) is 0 Å². The van der Waals surface area contributed by atoms with E-state index in [-0.39, 0.29) is 12.2 Å². The molecule has 4 N–H and O–H groups in total. The Hall–Kier alpha value is -3.75. The minimum absolute atomic E-state index is 0.0169. The fourth-order valence-electron chi connectivity index (χ4n) is 5.87. The number of hydrogen-bond donors (Lipinski definition) is 3. The molecule has 7 rings (SSSR count). The molecule has 4 aromatic rings. The molecule has 188 valence electrons. The highest BCUT2D eigenvalue weighted by atomic mass is 16.5. The molecule has 8 heteroatoms. The second-order valence-electron chi connectivity index (χ2n) is 10.3. The Labute approximate surface area is 216 Å². The number of aromatic amines is 1. The van der Waals surface area contributed by atoms with Crippen LogP contribution in [0.25, 0.3) is 22.3 Å². The average Bonchev–Trinajstić information content (AvgIpc) is 3.69. The van der Waals surface area contributed by atoms with Crippen LogP contribution >= 0.6 is 0 Å². The number of amidine groups is 1. The lowest BCUT2D eigenvalue weighted by Crippen LogP contribution is -2.50. The van der Waals surface area contributed by atoms with Crippen molar-refractivity contribution in [2.24, 2.45) is 10.7 Å². The van der Waals surface area contributed by atoms with E-state index >= 15 is 0 Å². The lowest BCUT2D eigenvalue weighted by atomic mass is 9.96. The van der Waals surface area contributed by atoms with Crippen molar-refractivity contribution in [3.63, 3.8) is 0 Å². The van der Waals surface area contributed by atoms with Crippen LogP contribution in [0.3, 0.4) is 0 Å². The molecule has 1 aliphatic carbocycles. The molecule has 3 aliphatic rings. The van der Waals surface area contributed by atoms with Gasteiger partial charge in [-0.1, -0.05) is 12.1 Å². The summed E-state index contributed by atoms with van der Waals surface area (Å²) < 4.78 is 5.61. The maximum atomic E-state index is 6.43. The molecule has 0 bridgehead atoms. The molecule has 3 aromatic heterocycles. The van der Waals surface area contributed by atoms with Crippen molar-refractivity contribution >= 4 is 22.6 Å². The van der Waals surface area contributed by atoms with Gasteiger partial charge in [0.1, 0.15) is 23.4 Å². The summed E-state index contributed by atoms with van der Waals surface area (Å²) in [5.74, 6) is 2.24. The fourth-order valence-corrected chi connectivity index (χ4v) is 5.87. The lowest BCUT2D eigenvalue weighted by Gasteiger charge is -2.41. The van der Waals surface area contributed by atoms with E-state index in [4.69, 9.17) is 15.5 Å². The minimum atomic E-state index is 0.0169. The largest absolute Gasteiger partial charge is 0.496 e. The number of fused-ring (bicyclic) bond motifs is 2. The number of piperidine rings is 1. The van der Waals surface area contributed by atoms with Crippen LogP contribution < -0.4 is 15.8 Å². The molecule has 1 aromatic carbocycles. The van der Waals surface area contributed by atoms with Crippen LogP contribution in [0, 0.1) is 0 Å². The second-order valence-corrected chi connectivity index (χ2v) is 10.3. The van der Waals surface area contributed by atoms with Crippen molar-refractivity contribution in [3.8, 4) is 17.0 Å². The van der Waals surface area contributed by atoms with Gasteiger partial charge in [-0.05, 0) is 61.4 Å². The summed E-state index contributed by atoms with van der Waals surface area (Å²) in [6.07, 6.45) is 10.4. The van der Waals surface area contributed by atoms with Gasteiger partial charge in [-0.25, -0.2) is 9.98 Å². The van der Waals surface area contributed by atoms with Crippen molar-refractivity contribution in [1.29, 1.82) is 0 Å². The van der Waals surface area contributed by atoms with E-state index in [2.05, 4.69) is 37.3 Å². The number of nitrogens with one attached hydrogen (secondary N) is 2. The van der Waals surface area contributed by atoms with Crippen LogP contribution in [0.15, 0.2) is 60.0 Å². The first-order chi connectivity index (χ1) is 18.2. The minimum Gasteiger partial charge on any atom is -0.496 e. The zero-order valence-electron chi connectivity index (χ0n) is 20.9. The van der Waals surface area contributed by atoms with Gasteiger partial charge in [-0.2, -0.15) is 0 Å². The summed E-state index contributed by atoms with van der Waals surface area (Å²) in [6, 6.07) is 12.4. The third-order valence-corrected chi connectivity index (χ3v) is 7.83. The molecule has 2 unspecified atom stereocenters. The summed E-state index contributed by atoms with van der Waals surface area (Å²) in [7, 11) is 1.69. The lowest BCUT2D eigenvalue weighted by molar-refractivity contribution is 0.138. The summed E-state index contributed by atoms with van der Waals surface area (Å²) in [5, 5.41) is 4.84. The van der Waals surface area contributed by atoms with Crippen LogP contribution in [-0.2, 0) is 0 Å². The normalized spacial score (nSPS) is 21.8. The Bertz CT molecular complexity index is 1510. The molecule has 1 saturated heterocycles. The first-order valence-corrected chi connectivity index (χ1v) is 13.1. The number of H-pyrrole nitrogens is 1. The van der Waals surface area contributed by atoms with Gasteiger partial charge in [0.2, 0.25) is 0 Å². The number of para-hydroxylation sites is 1. The van der Waals surface area contributed by atoms with Gasteiger partial charge in [0.05, 0.1) is 24.7 Å².